The number of carbonyl (C=O) groups excluding carboxylic acids is 1. The van der Waals surface area contributed by atoms with E-state index in [0.29, 0.717) is 43.2 Å². The molecule has 2 aromatic heterocycles. The number of aliphatic hydroxyl groups excluding tert-OH is 1. The average molecular weight is 512 g/mol. The molecule has 1 amide bonds. The molecule has 2 aliphatic heterocycles. The number of carbonyl (C=O) groups is 1. The molecule has 2 aliphatic rings. The van der Waals surface area contributed by atoms with Crippen LogP contribution in [0.4, 0.5) is 10.2 Å². The van der Waals surface area contributed by atoms with Crippen LogP contribution in [0.1, 0.15) is 46.9 Å². The minimum absolute atomic E-state index is 0.154. The predicted molar refractivity (Wildman–Crippen MR) is 126 cm³/mol. The van der Waals surface area contributed by atoms with Gasteiger partial charge in [0.1, 0.15) is 11.6 Å². The number of fused-ring (bicyclic) bond motifs is 1. The van der Waals surface area contributed by atoms with Crippen molar-refractivity contribution in [1.29, 1.82) is 5.26 Å². The zero-order chi connectivity index (χ0) is 25.6. The number of aliphatic hydroxyl groups is 1. The molecule has 12 heteroatoms. The normalized spacial score (nSPS) is 23.1. The van der Waals surface area contributed by atoms with E-state index < -0.39 is 40.9 Å². The van der Waals surface area contributed by atoms with Gasteiger partial charge in [-0.05, 0) is 55.5 Å². The summed E-state index contributed by atoms with van der Waals surface area (Å²) in [7, 11) is 0. The summed E-state index contributed by atoms with van der Waals surface area (Å²) in [5.74, 6) is -1.19. The number of benzene rings is 1. The second-order valence-electron chi connectivity index (χ2n) is 9.21. The van der Waals surface area contributed by atoms with Crippen LogP contribution in [0.5, 0.6) is 0 Å². The lowest BCUT2D eigenvalue weighted by Crippen LogP contribution is -2.39. The van der Waals surface area contributed by atoms with E-state index >= 15 is 0 Å². The largest absolute Gasteiger partial charge is 0.768 e. The highest BCUT2D eigenvalue weighted by Gasteiger charge is 2.34. The van der Waals surface area contributed by atoms with E-state index in [9.17, 15) is 28.3 Å². The van der Waals surface area contributed by atoms with Crippen LogP contribution < -0.4 is 4.90 Å². The summed E-state index contributed by atoms with van der Waals surface area (Å²) in [6.07, 6.45) is 3.29. The number of nitrogens with zero attached hydrogens (tertiary/aromatic N) is 6. The van der Waals surface area contributed by atoms with E-state index in [1.807, 2.05) is 18.0 Å². The molecule has 5 rings (SSSR count). The predicted octanol–water partition coefficient (Wildman–Crippen LogP) is 2.10. The summed E-state index contributed by atoms with van der Waals surface area (Å²) in [5, 5.41) is 24.0. The van der Waals surface area contributed by atoms with E-state index in [4.69, 9.17) is 4.98 Å². The van der Waals surface area contributed by atoms with Crippen LogP contribution >= 0.6 is 0 Å². The molecule has 3 aromatic rings. The first kappa shape index (κ1) is 24.3. The first-order chi connectivity index (χ1) is 17.3. The van der Waals surface area contributed by atoms with Crippen molar-refractivity contribution in [2.24, 2.45) is 5.92 Å². The highest BCUT2D eigenvalue weighted by Crippen LogP contribution is 2.33. The number of piperidine rings is 1. The minimum Gasteiger partial charge on any atom is -0.768 e. The average Bonchev–Trinajstić information content (AvgIpc) is 3.45. The van der Waals surface area contributed by atoms with Crippen LogP contribution in [0.15, 0.2) is 35.4 Å². The van der Waals surface area contributed by atoms with Gasteiger partial charge in [-0.25, -0.2) is 13.9 Å². The Hall–Kier alpha value is -3.40. The Labute approximate surface area is 209 Å². The van der Waals surface area contributed by atoms with E-state index in [1.165, 1.54) is 0 Å². The van der Waals surface area contributed by atoms with Crippen LogP contribution in [0.2, 0.25) is 0 Å². The van der Waals surface area contributed by atoms with Crippen LogP contribution in [0, 0.1) is 30.0 Å². The van der Waals surface area contributed by atoms with Crippen LogP contribution in [0.3, 0.4) is 0 Å². The molecule has 2 saturated heterocycles. The zero-order valence-corrected chi connectivity index (χ0v) is 20.3. The molecular formula is C24H24FN6O4S-. The minimum atomic E-state index is -2.58. The Morgan fingerprint density at radius 3 is 2.83 bits per heavy atom. The number of amides is 1. The van der Waals surface area contributed by atoms with Crippen molar-refractivity contribution < 1.29 is 23.1 Å². The number of aryl methyl sites for hydroxylation is 1. The Morgan fingerprint density at radius 1 is 1.31 bits per heavy atom. The smallest absolute Gasteiger partial charge is 0.257 e. The van der Waals surface area contributed by atoms with Crippen molar-refractivity contribution in [1.82, 2.24) is 19.5 Å². The van der Waals surface area contributed by atoms with Gasteiger partial charge in [-0.2, -0.15) is 10.4 Å². The summed E-state index contributed by atoms with van der Waals surface area (Å²) in [5.41, 5.74) is 1.69. The molecule has 188 valence electrons. The van der Waals surface area contributed by atoms with Gasteiger partial charge in [-0.1, -0.05) is 0 Å². The number of hydrogen-bond acceptors (Lipinski definition) is 8. The third-order valence-electron chi connectivity index (χ3n) is 6.84. The van der Waals surface area contributed by atoms with Gasteiger partial charge in [0, 0.05) is 42.4 Å². The van der Waals surface area contributed by atoms with Crippen molar-refractivity contribution >= 4 is 28.5 Å². The van der Waals surface area contributed by atoms with Gasteiger partial charge in [-0.3, -0.25) is 9.00 Å². The fraction of sp³-hybridized carbons (Fsp3) is 0.417. The van der Waals surface area contributed by atoms with Crippen LogP contribution in [-0.2, 0) is 11.1 Å². The molecule has 1 unspecified atom stereocenters. The van der Waals surface area contributed by atoms with E-state index in [1.54, 1.807) is 15.5 Å². The Morgan fingerprint density at radius 2 is 2.11 bits per heavy atom. The third-order valence-corrected chi connectivity index (χ3v) is 7.48. The SMILES string of the molecule is Cc1cn2nc([C@@H]3CCCCN3C(=O)c3cc(S(=O)[O-])ccc3F)cc2nc1N1C[C@@H](C#N)[C@@H](O)C1. The van der Waals surface area contributed by atoms with Gasteiger partial charge in [0.15, 0.2) is 5.65 Å². The number of aromatic nitrogens is 3. The number of hydrogen-bond donors (Lipinski definition) is 1. The Balaban J connectivity index is 1.47. The van der Waals surface area contributed by atoms with E-state index in [0.717, 1.165) is 36.6 Å². The fourth-order valence-electron chi connectivity index (χ4n) is 5.00. The van der Waals surface area contributed by atoms with Crippen molar-refractivity contribution in [3.63, 3.8) is 0 Å². The van der Waals surface area contributed by atoms with Gasteiger partial charge >= 0.3 is 0 Å². The van der Waals surface area contributed by atoms with Gasteiger partial charge in [0.2, 0.25) is 0 Å². The Bertz CT molecular complexity index is 1410. The van der Waals surface area contributed by atoms with Gasteiger partial charge in [0.25, 0.3) is 5.91 Å². The number of anilines is 1. The molecule has 0 saturated carbocycles. The highest BCUT2D eigenvalue weighted by atomic mass is 32.2. The molecule has 36 heavy (non-hydrogen) atoms. The number of likely N-dealkylation sites (tertiary alicyclic amines) is 1. The lowest BCUT2D eigenvalue weighted by Gasteiger charge is -2.35. The highest BCUT2D eigenvalue weighted by molar-refractivity contribution is 7.79. The van der Waals surface area contributed by atoms with Crippen molar-refractivity contribution in [3.8, 4) is 6.07 Å². The topological polar surface area (TPSA) is 138 Å². The molecule has 2 fully saturated rings. The van der Waals surface area contributed by atoms with Crippen LogP contribution in [-0.4, -0.2) is 65.0 Å². The molecule has 0 spiro atoms. The Kier molecular flexibility index (Phi) is 6.46. The first-order valence-corrected chi connectivity index (χ1v) is 12.7. The zero-order valence-electron chi connectivity index (χ0n) is 19.5. The van der Waals surface area contributed by atoms with Crippen molar-refractivity contribution in [2.45, 2.75) is 43.2 Å². The lowest BCUT2D eigenvalue weighted by atomic mass is 9.98. The molecule has 4 heterocycles. The summed E-state index contributed by atoms with van der Waals surface area (Å²) in [6.45, 7) is 2.96. The summed E-state index contributed by atoms with van der Waals surface area (Å²) >= 11 is -2.58. The van der Waals surface area contributed by atoms with Crippen molar-refractivity contribution in [3.05, 3.63) is 53.1 Å². The molecule has 1 aromatic carbocycles. The third kappa shape index (κ3) is 4.34. The fourth-order valence-corrected chi connectivity index (χ4v) is 5.39. The summed E-state index contributed by atoms with van der Waals surface area (Å²) in [4.78, 5) is 21.3. The van der Waals surface area contributed by atoms with Crippen LogP contribution in [0.25, 0.3) is 5.65 Å². The number of nitriles is 1. The van der Waals surface area contributed by atoms with E-state index in [-0.39, 0.29) is 10.5 Å². The lowest BCUT2D eigenvalue weighted by molar-refractivity contribution is 0.0600. The van der Waals surface area contributed by atoms with Crippen molar-refractivity contribution in [2.75, 3.05) is 24.5 Å². The molecule has 10 nitrogen and oxygen atoms in total. The molecule has 0 aliphatic carbocycles. The molecular weight excluding hydrogens is 487 g/mol. The maximum atomic E-state index is 14.5. The van der Waals surface area contributed by atoms with Gasteiger partial charge in [-0.15, -0.1) is 0 Å². The number of rotatable bonds is 4. The van der Waals surface area contributed by atoms with Gasteiger partial charge < -0.3 is 19.5 Å². The monoisotopic (exact) mass is 511 g/mol. The maximum Gasteiger partial charge on any atom is 0.257 e. The summed E-state index contributed by atoms with van der Waals surface area (Å²) in [6, 6.07) is 6.66. The summed E-state index contributed by atoms with van der Waals surface area (Å²) < 4.78 is 38.9. The number of β-amino-alcohol motifs (C(OH)–C–C–N with tert-alkyl or cyclic N) is 1. The second kappa shape index (κ2) is 9.57. The second-order valence-corrected chi connectivity index (χ2v) is 10.2. The molecule has 0 radical (unpaired) electrons. The van der Waals surface area contributed by atoms with E-state index in [2.05, 4.69) is 11.2 Å². The number of halogens is 1. The molecule has 1 N–H and O–H groups in total. The standard InChI is InChI=1S/C24H25FN6O4S/c1-14-11-31-22(27-23(14)29-12-15(10-26)21(32)13-29)9-19(28-31)20-4-2-3-7-30(20)24(33)17-8-16(36(34)35)5-6-18(17)25/h5-6,8-9,11,15,20-21,32H,2-4,7,12-13H2,1H3,(H,34,35)/p-1/t15-,20+,21+/m1/s1. The van der Waals surface area contributed by atoms with Gasteiger partial charge in [0.05, 0.1) is 35.4 Å². The first-order valence-electron chi connectivity index (χ1n) is 11.7. The molecule has 4 atom stereocenters. The molecule has 0 bridgehead atoms. The quantitative estimate of drug-likeness (QED) is 0.526. The maximum absolute atomic E-state index is 14.5.